The predicted octanol–water partition coefficient (Wildman–Crippen LogP) is 2.28. The standard InChI is InChI=1S/C11H8FN3O4/c1-6-4-10(19-14-6)13-11(16)8-5-7(15(17)18)2-3-9(8)12/h2-5H,1H3,(H,13,16). The highest BCUT2D eigenvalue weighted by Gasteiger charge is 2.18. The molecule has 2 aromatic rings. The lowest BCUT2D eigenvalue weighted by atomic mass is 10.1. The summed E-state index contributed by atoms with van der Waals surface area (Å²) in [5.41, 5.74) is -0.279. The zero-order valence-electron chi connectivity index (χ0n) is 9.71. The van der Waals surface area contributed by atoms with Crippen molar-refractivity contribution in [1.82, 2.24) is 5.16 Å². The molecule has 1 N–H and O–H groups in total. The number of hydrogen-bond donors (Lipinski definition) is 1. The number of aromatic nitrogens is 1. The summed E-state index contributed by atoms with van der Waals surface area (Å²) in [4.78, 5) is 21.6. The minimum atomic E-state index is -0.862. The highest BCUT2D eigenvalue weighted by Crippen LogP contribution is 2.18. The van der Waals surface area contributed by atoms with Crippen molar-refractivity contribution in [2.75, 3.05) is 5.32 Å². The van der Waals surface area contributed by atoms with Crippen molar-refractivity contribution in [3.05, 3.63) is 51.5 Å². The van der Waals surface area contributed by atoms with Crippen molar-refractivity contribution in [2.45, 2.75) is 6.92 Å². The van der Waals surface area contributed by atoms with Crippen LogP contribution in [0.25, 0.3) is 0 Å². The molecular weight excluding hydrogens is 257 g/mol. The molecule has 1 amide bonds. The number of nitro groups is 1. The Kier molecular flexibility index (Phi) is 3.23. The SMILES string of the molecule is Cc1cc(NC(=O)c2cc([N+](=O)[O-])ccc2F)on1. The molecule has 0 aliphatic rings. The Labute approximate surface area is 106 Å². The van der Waals surface area contributed by atoms with E-state index in [4.69, 9.17) is 4.52 Å². The number of nitro benzene ring substituents is 1. The van der Waals surface area contributed by atoms with E-state index >= 15 is 0 Å². The number of aryl methyl sites for hydroxylation is 1. The zero-order chi connectivity index (χ0) is 14.0. The Bertz CT molecular complexity index is 653. The van der Waals surface area contributed by atoms with Crippen LogP contribution < -0.4 is 5.32 Å². The van der Waals surface area contributed by atoms with Gasteiger partial charge in [-0.15, -0.1) is 0 Å². The van der Waals surface area contributed by atoms with Gasteiger partial charge < -0.3 is 4.52 Å². The molecule has 7 nitrogen and oxygen atoms in total. The van der Waals surface area contributed by atoms with Gasteiger partial charge in [-0.2, -0.15) is 0 Å². The number of amides is 1. The molecule has 98 valence electrons. The summed E-state index contributed by atoms with van der Waals surface area (Å²) in [6, 6.07) is 4.13. The molecule has 0 spiro atoms. The lowest BCUT2D eigenvalue weighted by Gasteiger charge is -2.02. The van der Waals surface area contributed by atoms with Crippen LogP contribution in [0, 0.1) is 22.9 Å². The first kappa shape index (κ1) is 12.7. The normalized spacial score (nSPS) is 10.2. The molecule has 2 rings (SSSR count). The zero-order valence-corrected chi connectivity index (χ0v) is 9.71. The topological polar surface area (TPSA) is 98.3 Å². The number of nitrogens with one attached hydrogen (secondary N) is 1. The number of rotatable bonds is 3. The summed E-state index contributed by atoms with van der Waals surface area (Å²) in [7, 11) is 0. The minimum Gasteiger partial charge on any atom is -0.338 e. The Morgan fingerprint density at radius 1 is 1.47 bits per heavy atom. The molecule has 1 aromatic heterocycles. The van der Waals surface area contributed by atoms with Gasteiger partial charge in [-0.25, -0.2) is 4.39 Å². The number of hydrogen-bond acceptors (Lipinski definition) is 5. The number of anilines is 1. The lowest BCUT2D eigenvalue weighted by molar-refractivity contribution is -0.384. The fourth-order valence-corrected chi connectivity index (χ4v) is 1.40. The number of nitrogens with zero attached hydrogens (tertiary/aromatic N) is 2. The molecule has 0 saturated heterocycles. The quantitative estimate of drug-likeness (QED) is 0.678. The van der Waals surface area contributed by atoms with Crippen molar-refractivity contribution in [2.24, 2.45) is 0 Å². The van der Waals surface area contributed by atoms with Gasteiger partial charge >= 0.3 is 0 Å². The molecule has 0 bridgehead atoms. The summed E-state index contributed by atoms with van der Waals surface area (Å²) >= 11 is 0. The maximum atomic E-state index is 13.5. The molecule has 0 aliphatic carbocycles. The van der Waals surface area contributed by atoms with Gasteiger partial charge in [0.15, 0.2) is 0 Å². The van der Waals surface area contributed by atoms with Crippen LogP contribution in [-0.2, 0) is 0 Å². The van der Waals surface area contributed by atoms with Crippen LogP contribution >= 0.6 is 0 Å². The average Bonchev–Trinajstić information content (AvgIpc) is 2.74. The summed E-state index contributed by atoms with van der Waals surface area (Å²) in [6.07, 6.45) is 0. The summed E-state index contributed by atoms with van der Waals surface area (Å²) < 4.78 is 18.2. The Morgan fingerprint density at radius 2 is 2.21 bits per heavy atom. The smallest absolute Gasteiger partial charge is 0.270 e. The van der Waals surface area contributed by atoms with Gasteiger partial charge in [0.2, 0.25) is 5.88 Å². The van der Waals surface area contributed by atoms with Gasteiger partial charge in [0, 0.05) is 18.2 Å². The highest BCUT2D eigenvalue weighted by molar-refractivity contribution is 6.04. The Balaban J connectivity index is 2.27. The Hall–Kier alpha value is -2.77. The van der Waals surface area contributed by atoms with E-state index < -0.39 is 22.2 Å². The van der Waals surface area contributed by atoms with E-state index in [1.165, 1.54) is 6.07 Å². The molecule has 0 atom stereocenters. The van der Waals surface area contributed by atoms with Crippen LogP contribution in [0.1, 0.15) is 16.1 Å². The Morgan fingerprint density at radius 3 is 2.79 bits per heavy atom. The first-order valence-electron chi connectivity index (χ1n) is 5.16. The summed E-state index contributed by atoms with van der Waals surface area (Å²) in [5, 5.41) is 16.4. The molecule has 8 heteroatoms. The molecule has 0 fully saturated rings. The van der Waals surface area contributed by atoms with Crippen LogP contribution in [0.15, 0.2) is 28.8 Å². The van der Waals surface area contributed by atoms with Crippen molar-refractivity contribution in [3.63, 3.8) is 0 Å². The third-order valence-corrected chi connectivity index (χ3v) is 2.27. The number of halogens is 1. The number of benzene rings is 1. The van der Waals surface area contributed by atoms with E-state index in [9.17, 15) is 19.3 Å². The van der Waals surface area contributed by atoms with Gasteiger partial charge in [0.25, 0.3) is 11.6 Å². The molecule has 0 unspecified atom stereocenters. The van der Waals surface area contributed by atoms with E-state index in [-0.39, 0.29) is 11.6 Å². The number of carbonyl (C=O) groups excluding carboxylic acids is 1. The molecule has 19 heavy (non-hydrogen) atoms. The largest absolute Gasteiger partial charge is 0.338 e. The van der Waals surface area contributed by atoms with Gasteiger partial charge in [0.05, 0.1) is 16.2 Å². The fourth-order valence-electron chi connectivity index (χ4n) is 1.40. The fraction of sp³-hybridized carbons (Fsp3) is 0.0909. The third kappa shape index (κ3) is 2.73. The van der Waals surface area contributed by atoms with E-state index in [1.54, 1.807) is 6.92 Å². The van der Waals surface area contributed by atoms with Crippen molar-refractivity contribution >= 4 is 17.5 Å². The lowest BCUT2D eigenvalue weighted by Crippen LogP contribution is -2.13. The van der Waals surface area contributed by atoms with Crippen molar-refractivity contribution < 1.29 is 18.6 Å². The van der Waals surface area contributed by atoms with Crippen LogP contribution in [0.5, 0.6) is 0 Å². The molecule has 0 radical (unpaired) electrons. The van der Waals surface area contributed by atoms with Crippen LogP contribution in [0.2, 0.25) is 0 Å². The van der Waals surface area contributed by atoms with Gasteiger partial charge in [-0.3, -0.25) is 20.2 Å². The van der Waals surface area contributed by atoms with Crippen LogP contribution in [0.3, 0.4) is 0 Å². The van der Waals surface area contributed by atoms with E-state index in [2.05, 4.69) is 10.5 Å². The minimum absolute atomic E-state index is 0.0356. The average molecular weight is 265 g/mol. The first-order chi connectivity index (χ1) is 8.97. The second-order valence-corrected chi connectivity index (χ2v) is 3.71. The second-order valence-electron chi connectivity index (χ2n) is 3.71. The van der Waals surface area contributed by atoms with Crippen LogP contribution in [0.4, 0.5) is 16.0 Å². The molecule has 0 saturated carbocycles. The van der Waals surface area contributed by atoms with Gasteiger partial charge in [-0.1, -0.05) is 5.16 Å². The van der Waals surface area contributed by atoms with Crippen molar-refractivity contribution in [1.29, 1.82) is 0 Å². The third-order valence-electron chi connectivity index (χ3n) is 2.27. The molecule has 1 aromatic carbocycles. The number of non-ortho nitro benzene ring substituents is 1. The predicted molar refractivity (Wildman–Crippen MR) is 62.2 cm³/mol. The first-order valence-corrected chi connectivity index (χ1v) is 5.16. The molecule has 0 aliphatic heterocycles. The van der Waals surface area contributed by atoms with Crippen LogP contribution in [-0.4, -0.2) is 16.0 Å². The summed E-state index contributed by atoms with van der Waals surface area (Å²) in [5.74, 6) is -1.68. The van der Waals surface area contributed by atoms with Gasteiger partial charge in [0.1, 0.15) is 5.82 Å². The van der Waals surface area contributed by atoms with Gasteiger partial charge in [-0.05, 0) is 13.0 Å². The summed E-state index contributed by atoms with van der Waals surface area (Å²) in [6.45, 7) is 1.65. The number of carbonyl (C=O) groups is 1. The van der Waals surface area contributed by atoms with E-state index in [0.717, 1.165) is 18.2 Å². The van der Waals surface area contributed by atoms with E-state index in [1.807, 2.05) is 0 Å². The monoisotopic (exact) mass is 265 g/mol. The second kappa shape index (κ2) is 4.84. The van der Waals surface area contributed by atoms with E-state index in [0.29, 0.717) is 5.69 Å². The highest BCUT2D eigenvalue weighted by atomic mass is 19.1. The molecular formula is C11H8FN3O4. The maximum absolute atomic E-state index is 13.5. The maximum Gasteiger partial charge on any atom is 0.270 e. The molecule has 1 heterocycles. The van der Waals surface area contributed by atoms with Crippen molar-refractivity contribution in [3.8, 4) is 0 Å².